The van der Waals surface area contributed by atoms with E-state index >= 15 is 0 Å². The third kappa shape index (κ3) is 4.06. The summed E-state index contributed by atoms with van der Waals surface area (Å²) in [5.41, 5.74) is 3.49. The fraction of sp³-hybridized carbons (Fsp3) is 0.167. The molecule has 0 amide bonds. The zero-order valence-electron chi connectivity index (χ0n) is 17.8. The largest absolute Gasteiger partial charge is 0.392 e. The average Bonchev–Trinajstić information content (AvgIpc) is 3.40. The van der Waals surface area contributed by atoms with Crippen LogP contribution in [-0.2, 0) is 19.6 Å². The van der Waals surface area contributed by atoms with E-state index in [1.54, 1.807) is 24.5 Å². The molecule has 5 rings (SSSR count). The molecule has 166 valence electrons. The van der Waals surface area contributed by atoms with Crippen LogP contribution < -0.4 is 5.56 Å². The number of aliphatic hydroxyl groups is 1. The lowest BCUT2D eigenvalue weighted by Crippen LogP contribution is -2.22. The number of hydrogen-bond donors (Lipinski definition) is 1. The van der Waals surface area contributed by atoms with E-state index in [4.69, 9.17) is 4.52 Å². The molecule has 0 aliphatic rings. The molecule has 0 fully saturated rings. The van der Waals surface area contributed by atoms with Crippen LogP contribution in [0, 0.1) is 12.7 Å². The molecule has 0 saturated heterocycles. The number of nitrogens with zero attached hydrogens (tertiary/aromatic N) is 5. The van der Waals surface area contributed by atoms with Crippen LogP contribution in [0.4, 0.5) is 4.39 Å². The van der Waals surface area contributed by atoms with Crippen molar-refractivity contribution >= 4 is 5.52 Å². The van der Waals surface area contributed by atoms with Crippen molar-refractivity contribution in [2.75, 3.05) is 0 Å². The van der Waals surface area contributed by atoms with Crippen molar-refractivity contribution in [2.45, 2.75) is 26.5 Å². The molecule has 5 aromatic rings. The summed E-state index contributed by atoms with van der Waals surface area (Å²) in [6, 6.07) is 13.8. The molecule has 8 nitrogen and oxygen atoms in total. The standard InChI is InChI=1S/C24H20FN5O3/c1-15-3-2-4-16(11-15)12-20-26-21(33-28-20)13-29-9-10-30-23(24(29)32)19(14-31)22(27-30)17-5-7-18(25)8-6-17/h2-11,31H,12-14H2,1H3. The van der Waals surface area contributed by atoms with E-state index in [1.165, 1.54) is 21.2 Å². The number of rotatable bonds is 6. The van der Waals surface area contributed by atoms with E-state index in [2.05, 4.69) is 21.3 Å². The number of hydrogen-bond acceptors (Lipinski definition) is 6. The highest BCUT2D eigenvalue weighted by Crippen LogP contribution is 2.25. The van der Waals surface area contributed by atoms with Gasteiger partial charge in [0.25, 0.3) is 5.56 Å². The summed E-state index contributed by atoms with van der Waals surface area (Å²) in [4.78, 5) is 17.6. The normalized spacial score (nSPS) is 11.4. The quantitative estimate of drug-likeness (QED) is 0.431. The van der Waals surface area contributed by atoms with E-state index in [-0.39, 0.29) is 23.4 Å². The van der Waals surface area contributed by atoms with Gasteiger partial charge in [-0.05, 0) is 36.8 Å². The van der Waals surface area contributed by atoms with E-state index in [9.17, 15) is 14.3 Å². The second kappa shape index (κ2) is 8.44. The van der Waals surface area contributed by atoms with Crippen molar-refractivity contribution in [1.29, 1.82) is 0 Å². The van der Waals surface area contributed by atoms with Crippen molar-refractivity contribution in [3.63, 3.8) is 0 Å². The molecule has 2 aromatic carbocycles. The lowest BCUT2D eigenvalue weighted by atomic mass is 10.1. The Balaban J connectivity index is 1.46. The van der Waals surface area contributed by atoms with Crippen LogP contribution in [0.5, 0.6) is 0 Å². The van der Waals surface area contributed by atoms with E-state index < -0.39 is 6.61 Å². The van der Waals surface area contributed by atoms with Gasteiger partial charge in [0.1, 0.15) is 17.9 Å². The Morgan fingerprint density at radius 3 is 2.70 bits per heavy atom. The van der Waals surface area contributed by atoms with Gasteiger partial charge in [-0.3, -0.25) is 4.79 Å². The van der Waals surface area contributed by atoms with Gasteiger partial charge in [-0.1, -0.05) is 35.0 Å². The molecule has 0 radical (unpaired) electrons. The first-order valence-electron chi connectivity index (χ1n) is 10.4. The van der Waals surface area contributed by atoms with Crippen molar-refractivity contribution in [3.05, 3.63) is 106 Å². The second-order valence-electron chi connectivity index (χ2n) is 7.79. The van der Waals surface area contributed by atoms with Gasteiger partial charge < -0.3 is 14.2 Å². The Morgan fingerprint density at radius 2 is 1.94 bits per heavy atom. The topological polar surface area (TPSA) is 98.5 Å². The first-order chi connectivity index (χ1) is 16.0. The highest BCUT2D eigenvalue weighted by molar-refractivity contribution is 5.72. The SMILES string of the molecule is Cc1cccc(Cc2noc(Cn3ccn4nc(-c5ccc(F)cc5)c(CO)c4c3=O)n2)c1. The summed E-state index contributed by atoms with van der Waals surface area (Å²) in [5, 5.41) is 18.4. The maximum absolute atomic E-state index is 13.3. The van der Waals surface area contributed by atoms with E-state index in [1.807, 2.05) is 25.1 Å². The number of fused-ring (bicyclic) bond motifs is 1. The summed E-state index contributed by atoms with van der Waals surface area (Å²) < 4.78 is 21.5. The first-order valence-corrected chi connectivity index (χ1v) is 10.4. The highest BCUT2D eigenvalue weighted by Gasteiger charge is 2.19. The monoisotopic (exact) mass is 445 g/mol. The minimum atomic E-state index is -0.392. The van der Waals surface area contributed by atoms with Gasteiger partial charge in [-0.25, -0.2) is 8.91 Å². The molecule has 0 saturated carbocycles. The van der Waals surface area contributed by atoms with Gasteiger partial charge in [0.15, 0.2) is 5.82 Å². The van der Waals surface area contributed by atoms with Crippen molar-refractivity contribution in [1.82, 2.24) is 24.3 Å². The molecule has 0 spiro atoms. The van der Waals surface area contributed by atoms with E-state index in [0.717, 1.165) is 11.1 Å². The Hall–Kier alpha value is -4.11. The van der Waals surface area contributed by atoms with Gasteiger partial charge in [0.2, 0.25) is 5.89 Å². The third-order valence-corrected chi connectivity index (χ3v) is 5.40. The molecule has 0 aliphatic carbocycles. The maximum Gasteiger partial charge on any atom is 0.277 e. The van der Waals surface area contributed by atoms with Crippen LogP contribution in [-0.4, -0.2) is 29.4 Å². The zero-order valence-corrected chi connectivity index (χ0v) is 17.8. The molecule has 0 unspecified atom stereocenters. The Bertz CT molecular complexity index is 1500. The minimum absolute atomic E-state index is 0.0814. The molecule has 3 aromatic heterocycles. The van der Waals surface area contributed by atoms with Gasteiger partial charge in [0, 0.05) is 29.9 Å². The van der Waals surface area contributed by atoms with Crippen LogP contribution in [0.2, 0.25) is 0 Å². The Labute approximate surface area is 187 Å². The number of aryl methyl sites for hydroxylation is 1. The summed E-state index contributed by atoms with van der Waals surface area (Å²) in [5.74, 6) is 0.452. The zero-order chi connectivity index (χ0) is 22.9. The molecular formula is C24H20FN5O3. The molecule has 0 atom stereocenters. The van der Waals surface area contributed by atoms with Gasteiger partial charge >= 0.3 is 0 Å². The smallest absolute Gasteiger partial charge is 0.277 e. The van der Waals surface area contributed by atoms with Gasteiger partial charge in [-0.15, -0.1) is 0 Å². The summed E-state index contributed by atoms with van der Waals surface area (Å²) >= 11 is 0. The maximum atomic E-state index is 13.3. The second-order valence-corrected chi connectivity index (χ2v) is 7.79. The molecule has 1 N–H and O–H groups in total. The third-order valence-electron chi connectivity index (χ3n) is 5.40. The van der Waals surface area contributed by atoms with Crippen LogP contribution in [0.15, 0.2) is 70.2 Å². The van der Waals surface area contributed by atoms with Crippen molar-refractivity contribution in [3.8, 4) is 11.3 Å². The lowest BCUT2D eigenvalue weighted by Gasteiger charge is -2.03. The van der Waals surface area contributed by atoms with Crippen molar-refractivity contribution in [2.24, 2.45) is 0 Å². The summed E-state index contributed by atoms with van der Waals surface area (Å²) in [6.45, 7) is 1.71. The average molecular weight is 445 g/mol. The predicted octanol–water partition coefficient (Wildman–Crippen LogP) is 3.12. The molecule has 3 heterocycles. The molecule has 33 heavy (non-hydrogen) atoms. The van der Waals surface area contributed by atoms with Crippen LogP contribution in [0.25, 0.3) is 16.8 Å². The molecule has 0 aliphatic heterocycles. The predicted molar refractivity (Wildman–Crippen MR) is 118 cm³/mol. The Morgan fingerprint density at radius 1 is 1.12 bits per heavy atom. The highest BCUT2D eigenvalue weighted by atomic mass is 19.1. The Kier molecular flexibility index (Phi) is 5.31. The van der Waals surface area contributed by atoms with Gasteiger partial charge in [-0.2, -0.15) is 10.1 Å². The van der Waals surface area contributed by atoms with Crippen LogP contribution >= 0.6 is 0 Å². The molecule has 0 bridgehead atoms. The lowest BCUT2D eigenvalue weighted by molar-refractivity contribution is 0.283. The van der Waals surface area contributed by atoms with Gasteiger partial charge in [0.05, 0.1) is 12.3 Å². The van der Waals surface area contributed by atoms with Crippen molar-refractivity contribution < 1.29 is 14.0 Å². The number of halogens is 1. The number of benzene rings is 2. The fourth-order valence-corrected chi connectivity index (χ4v) is 3.84. The van der Waals surface area contributed by atoms with Crippen LogP contribution in [0.1, 0.15) is 28.4 Å². The van der Waals surface area contributed by atoms with Crippen LogP contribution in [0.3, 0.4) is 0 Å². The number of aliphatic hydroxyl groups excluding tert-OH is 1. The number of aromatic nitrogens is 5. The fourth-order valence-electron chi connectivity index (χ4n) is 3.84. The summed E-state index contributed by atoms with van der Waals surface area (Å²) in [6.07, 6.45) is 3.72. The summed E-state index contributed by atoms with van der Waals surface area (Å²) in [7, 11) is 0. The first kappa shape index (κ1) is 20.8. The molecule has 9 heteroatoms. The minimum Gasteiger partial charge on any atom is -0.392 e. The molecular weight excluding hydrogens is 425 g/mol. The van der Waals surface area contributed by atoms with E-state index in [0.29, 0.717) is 35.0 Å².